The van der Waals surface area contributed by atoms with Crippen molar-refractivity contribution in [2.75, 3.05) is 58.4 Å². The molecular weight excluding hydrogens is 528 g/mol. The molecule has 0 spiro atoms. The minimum atomic E-state index is -0.608. The Labute approximate surface area is 239 Å². The number of fused-ring (bicyclic) bond motifs is 1. The zero-order valence-electron chi connectivity index (χ0n) is 24.3. The normalized spacial score (nSPS) is 13.9. The Morgan fingerprint density at radius 1 is 1.17 bits per heavy atom. The monoisotopic (exact) mass is 568 g/mol. The summed E-state index contributed by atoms with van der Waals surface area (Å²) in [7, 11) is 1.78. The largest absolute Gasteiger partial charge is 0.491 e. The van der Waals surface area contributed by atoms with Crippen LogP contribution in [0.3, 0.4) is 0 Å². The number of primary amides is 1. The van der Waals surface area contributed by atoms with E-state index in [-0.39, 0.29) is 17.4 Å². The fourth-order valence-corrected chi connectivity index (χ4v) is 4.83. The minimum Gasteiger partial charge on any atom is -0.491 e. The zero-order valence-corrected chi connectivity index (χ0v) is 24.3. The molecule has 0 saturated carbocycles. The number of carbonyl (C=O) groups is 3. The standard InChI is InChI=1S/C28H40N8O5/c1-5-8-35-25-21(30-28(35)31-27(39)22-15-19(3)32-36(22)6-2)16-20(26(29)38)17-23(25)41-12-7-9-33(4)24(37)18-34-10-13-40-14-11-34/h15-17H,5-14,18H2,1-4H3,(H2,29,38)(H,30,31,39). The fourth-order valence-electron chi connectivity index (χ4n) is 4.83. The van der Waals surface area contributed by atoms with Crippen LogP contribution in [0.15, 0.2) is 18.2 Å². The van der Waals surface area contributed by atoms with Gasteiger partial charge in [0.1, 0.15) is 17.0 Å². The average Bonchev–Trinajstić information content (AvgIpc) is 3.51. The summed E-state index contributed by atoms with van der Waals surface area (Å²) in [6.07, 6.45) is 1.35. The highest BCUT2D eigenvalue weighted by molar-refractivity contribution is 6.04. The zero-order chi connectivity index (χ0) is 29.5. The number of amides is 3. The fraction of sp³-hybridized carbons (Fsp3) is 0.536. The van der Waals surface area contributed by atoms with Crippen molar-refractivity contribution in [3.63, 3.8) is 0 Å². The molecule has 13 nitrogen and oxygen atoms in total. The number of hydrogen-bond acceptors (Lipinski definition) is 8. The number of morpholine rings is 1. The maximum atomic E-state index is 13.2. The molecule has 3 amide bonds. The van der Waals surface area contributed by atoms with Gasteiger partial charge in [0.25, 0.3) is 5.91 Å². The van der Waals surface area contributed by atoms with Crippen LogP contribution in [0.4, 0.5) is 5.95 Å². The maximum absolute atomic E-state index is 13.2. The second-order valence-electron chi connectivity index (χ2n) is 10.1. The number of ether oxygens (including phenoxy) is 2. The number of carbonyl (C=O) groups excluding carboxylic acids is 3. The first-order chi connectivity index (χ1) is 19.7. The summed E-state index contributed by atoms with van der Waals surface area (Å²) in [4.78, 5) is 46.3. The van der Waals surface area contributed by atoms with E-state index in [2.05, 4.69) is 20.3 Å². The third-order valence-electron chi connectivity index (χ3n) is 6.98. The van der Waals surface area contributed by atoms with Gasteiger partial charge in [-0.1, -0.05) is 6.92 Å². The van der Waals surface area contributed by atoms with Crippen LogP contribution in [-0.4, -0.2) is 99.9 Å². The van der Waals surface area contributed by atoms with Crippen LogP contribution in [0.1, 0.15) is 53.2 Å². The van der Waals surface area contributed by atoms with Crippen molar-refractivity contribution in [3.8, 4) is 5.75 Å². The lowest BCUT2D eigenvalue weighted by Gasteiger charge is -2.28. The van der Waals surface area contributed by atoms with Gasteiger partial charge in [0, 0.05) is 45.3 Å². The molecule has 1 aliphatic heterocycles. The van der Waals surface area contributed by atoms with Crippen LogP contribution in [-0.2, 0) is 22.6 Å². The second-order valence-corrected chi connectivity index (χ2v) is 10.1. The first-order valence-electron chi connectivity index (χ1n) is 14.1. The topological polar surface area (TPSA) is 150 Å². The summed E-state index contributed by atoms with van der Waals surface area (Å²) in [6.45, 7) is 10.9. The predicted octanol–water partition coefficient (Wildman–Crippen LogP) is 1.88. The Bertz CT molecular complexity index is 1390. The number of imidazole rings is 1. The van der Waals surface area contributed by atoms with E-state index in [1.807, 2.05) is 25.3 Å². The predicted molar refractivity (Wildman–Crippen MR) is 154 cm³/mol. The van der Waals surface area contributed by atoms with Gasteiger partial charge in [-0.2, -0.15) is 5.10 Å². The first kappa shape index (κ1) is 30.0. The van der Waals surface area contributed by atoms with Crippen molar-refractivity contribution in [3.05, 3.63) is 35.2 Å². The van der Waals surface area contributed by atoms with E-state index in [9.17, 15) is 14.4 Å². The quantitative estimate of drug-likeness (QED) is 0.297. The van der Waals surface area contributed by atoms with Crippen molar-refractivity contribution in [2.24, 2.45) is 5.73 Å². The lowest BCUT2D eigenvalue weighted by molar-refractivity contribution is -0.132. The Morgan fingerprint density at radius 2 is 1.93 bits per heavy atom. The highest BCUT2D eigenvalue weighted by atomic mass is 16.5. The van der Waals surface area contributed by atoms with Gasteiger partial charge in [-0.3, -0.25) is 29.3 Å². The number of likely N-dealkylation sites (N-methyl/N-ethyl adjacent to an activating group) is 1. The average molecular weight is 569 g/mol. The number of nitrogens with two attached hydrogens (primary N) is 1. The third kappa shape index (κ3) is 7.22. The van der Waals surface area contributed by atoms with Crippen molar-refractivity contribution >= 4 is 34.7 Å². The van der Waals surface area contributed by atoms with Crippen molar-refractivity contribution in [1.29, 1.82) is 0 Å². The van der Waals surface area contributed by atoms with Gasteiger partial charge in [-0.25, -0.2) is 4.98 Å². The molecule has 0 unspecified atom stereocenters. The van der Waals surface area contributed by atoms with Gasteiger partial charge >= 0.3 is 0 Å². The summed E-state index contributed by atoms with van der Waals surface area (Å²) in [5.74, 6) is -0.112. The molecule has 1 saturated heterocycles. The van der Waals surface area contributed by atoms with Crippen LogP contribution < -0.4 is 15.8 Å². The molecule has 0 atom stereocenters. The molecule has 1 aromatic carbocycles. The lowest BCUT2D eigenvalue weighted by Crippen LogP contribution is -2.44. The summed E-state index contributed by atoms with van der Waals surface area (Å²) in [6, 6.07) is 4.94. The Kier molecular flexibility index (Phi) is 9.95. The van der Waals surface area contributed by atoms with E-state index < -0.39 is 5.91 Å². The van der Waals surface area contributed by atoms with E-state index in [4.69, 9.17) is 15.2 Å². The van der Waals surface area contributed by atoms with Gasteiger partial charge in [0.05, 0.1) is 37.6 Å². The Morgan fingerprint density at radius 3 is 2.61 bits per heavy atom. The number of anilines is 1. The SMILES string of the molecule is CCCn1c(NC(=O)c2cc(C)nn2CC)nc2cc(C(N)=O)cc(OCCCN(C)C(=O)CN3CCOCC3)c21. The smallest absolute Gasteiger partial charge is 0.276 e. The molecule has 222 valence electrons. The molecule has 13 heteroatoms. The summed E-state index contributed by atoms with van der Waals surface area (Å²) in [5.41, 5.74) is 8.18. The Hall–Kier alpha value is -3.97. The minimum absolute atomic E-state index is 0.0473. The number of rotatable bonds is 13. The summed E-state index contributed by atoms with van der Waals surface area (Å²) < 4.78 is 15.0. The van der Waals surface area contributed by atoms with Crippen LogP contribution >= 0.6 is 0 Å². The Balaban J connectivity index is 1.51. The second kappa shape index (κ2) is 13.6. The lowest BCUT2D eigenvalue weighted by atomic mass is 10.1. The summed E-state index contributed by atoms with van der Waals surface area (Å²) >= 11 is 0. The number of aryl methyl sites for hydroxylation is 3. The number of hydrogen-bond donors (Lipinski definition) is 2. The summed E-state index contributed by atoms with van der Waals surface area (Å²) in [5, 5.41) is 7.28. The van der Waals surface area contributed by atoms with Gasteiger partial charge in [-0.15, -0.1) is 0 Å². The third-order valence-corrected chi connectivity index (χ3v) is 6.98. The molecule has 2 aromatic heterocycles. The van der Waals surface area contributed by atoms with Crippen LogP contribution in [0, 0.1) is 6.92 Å². The molecular formula is C28H40N8O5. The van der Waals surface area contributed by atoms with Crippen LogP contribution in [0.2, 0.25) is 0 Å². The molecule has 1 aliphatic rings. The highest BCUT2D eigenvalue weighted by Crippen LogP contribution is 2.31. The molecule has 0 radical (unpaired) electrons. The number of benzene rings is 1. The molecule has 4 rings (SSSR count). The molecule has 3 aromatic rings. The van der Waals surface area contributed by atoms with Gasteiger partial charge < -0.3 is 24.7 Å². The van der Waals surface area contributed by atoms with E-state index in [1.54, 1.807) is 34.8 Å². The number of nitrogens with one attached hydrogen (secondary N) is 1. The van der Waals surface area contributed by atoms with E-state index in [0.717, 1.165) is 25.2 Å². The maximum Gasteiger partial charge on any atom is 0.276 e. The van der Waals surface area contributed by atoms with Gasteiger partial charge in [0.15, 0.2) is 0 Å². The molecule has 0 aliphatic carbocycles. The molecule has 1 fully saturated rings. The van der Waals surface area contributed by atoms with Crippen LogP contribution in [0.5, 0.6) is 5.75 Å². The first-order valence-corrected chi connectivity index (χ1v) is 14.1. The number of aromatic nitrogens is 4. The van der Waals surface area contributed by atoms with E-state index in [0.29, 0.717) is 80.8 Å². The molecule has 3 N–H and O–H groups in total. The molecule has 41 heavy (non-hydrogen) atoms. The van der Waals surface area contributed by atoms with Crippen molar-refractivity contribution < 1.29 is 23.9 Å². The van der Waals surface area contributed by atoms with Gasteiger partial charge in [-0.05, 0) is 44.9 Å². The highest BCUT2D eigenvalue weighted by Gasteiger charge is 2.22. The van der Waals surface area contributed by atoms with E-state index >= 15 is 0 Å². The van der Waals surface area contributed by atoms with E-state index in [1.165, 1.54) is 0 Å². The van der Waals surface area contributed by atoms with Crippen molar-refractivity contribution in [2.45, 2.75) is 46.7 Å². The molecule has 0 bridgehead atoms. The number of nitrogens with zero attached hydrogens (tertiary/aromatic N) is 6. The molecule has 3 heterocycles. The van der Waals surface area contributed by atoms with Crippen LogP contribution in [0.25, 0.3) is 11.0 Å². The van der Waals surface area contributed by atoms with Gasteiger partial charge in [0.2, 0.25) is 17.8 Å². The van der Waals surface area contributed by atoms with Crippen molar-refractivity contribution in [1.82, 2.24) is 29.1 Å².